The molecule has 3 aromatic carbocycles. The second-order valence-corrected chi connectivity index (χ2v) is 6.49. The number of nitro groups is 1. The fourth-order valence-electron chi connectivity index (χ4n) is 2.66. The maximum Gasteiger partial charge on any atom is 0.288 e. The van der Waals surface area contributed by atoms with E-state index in [1.54, 1.807) is 60.7 Å². The Labute approximate surface area is 171 Å². The lowest BCUT2D eigenvalue weighted by Crippen LogP contribution is -2.41. The van der Waals surface area contributed by atoms with Gasteiger partial charge in [-0.2, -0.15) is 0 Å². The van der Waals surface area contributed by atoms with Crippen molar-refractivity contribution in [2.24, 2.45) is 0 Å². The van der Waals surface area contributed by atoms with E-state index in [1.165, 1.54) is 18.2 Å². The first-order valence-electron chi connectivity index (χ1n) is 8.61. The van der Waals surface area contributed by atoms with Crippen LogP contribution in [0.3, 0.4) is 0 Å². The Balaban J connectivity index is 1.93. The van der Waals surface area contributed by atoms with Crippen molar-refractivity contribution < 1.29 is 14.5 Å². The minimum atomic E-state index is -1.01. The van der Waals surface area contributed by atoms with Gasteiger partial charge in [0.25, 0.3) is 17.5 Å². The Morgan fingerprint density at radius 3 is 1.76 bits per heavy atom. The number of carbonyl (C=O) groups excluding carboxylic acids is 2. The third kappa shape index (κ3) is 4.97. The van der Waals surface area contributed by atoms with Gasteiger partial charge in [-0.15, -0.1) is 0 Å². The van der Waals surface area contributed by atoms with Crippen molar-refractivity contribution >= 4 is 29.1 Å². The highest BCUT2D eigenvalue weighted by Gasteiger charge is 2.22. The number of benzene rings is 3. The van der Waals surface area contributed by atoms with Gasteiger partial charge in [0.1, 0.15) is 11.2 Å². The zero-order chi connectivity index (χ0) is 20.8. The van der Waals surface area contributed by atoms with Gasteiger partial charge < -0.3 is 10.6 Å². The topological polar surface area (TPSA) is 101 Å². The highest BCUT2D eigenvalue weighted by molar-refractivity contribution is 6.32. The lowest BCUT2D eigenvalue weighted by atomic mass is 10.1. The molecule has 0 radical (unpaired) electrons. The summed E-state index contributed by atoms with van der Waals surface area (Å²) in [6.07, 6.45) is -1.01. The van der Waals surface area contributed by atoms with Crippen LogP contribution in [0, 0.1) is 10.1 Å². The Bertz CT molecular complexity index is 989. The maximum atomic E-state index is 12.6. The molecule has 0 spiro atoms. The molecule has 0 aliphatic heterocycles. The summed E-state index contributed by atoms with van der Waals surface area (Å²) in [6.45, 7) is 0. The number of nitro benzene ring substituents is 1. The molecule has 0 saturated carbocycles. The summed E-state index contributed by atoms with van der Waals surface area (Å²) in [5, 5.41) is 16.6. The molecule has 7 nitrogen and oxygen atoms in total. The van der Waals surface area contributed by atoms with Crippen LogP contribution in [0.15, 0.2) is 78.9 Å². The summed E-state index contributed by atoms with van der Waals surface area (Å²) in [6, 6.07) is 20.9. The molecule has 2 amide bonds. The first-order valence-corrected chi connectivity index (χ1v) is 8.99. The van der Waals surface area contributed by atoms with E-state index in [1.807, 2.05) is 0 Å². The van der Waals surface area contributed by atoms with Crippen LogP contribution in [-0.2, 0) is 0 Å². The molecule has 0 aliphatic carbocycles. The quantitative estimate of drug-likeness (QED) is 0.363. The van der Waals surface area contributed by atoms with Crippen LogP contribution in [0.2, 0.25) is 5.02 Å². The van der Waals surface area contributed by atoms with Gasteiger partial charge >= 0.3 is 0 Å². The molecule has 0 heterocycles. The van der Waals surface area contributed by atoms with Crippen LogP contribution in [-0.4, -0.2) is 16.7 Å². The number of amides is 2. The van der Waals surface area contributed by atoms with Crippen molar-refractivity contribution in [2.75, 3.05) is 0 Å². The average molecular weight is 410 g/mol. The summed E-state index contributed by atoms with van der Waals surface area (Å²) >= 11 is 5.88. The van der Waals surface area contributed by atoms with Gasteiger partial charge in [-0.3, -0.25) is 19.7 Å². The highest BCUT2D eigenvalue weighted by atomic mass is 35.5. The lowest BCUT2D eigenvalue weighted by Gasteiger charge is -2.21. The van der Waals surface area contributed by atoms with Gasteiger partial charge in [-0.05, 0) is 30.3 Å². The standard InChI is InChI=1S/C21H16ClN3O4/c22-17-12-11-16(13-18(17)25(28)29)19(23-20(26)14-7-3-1-4-8-14)24-21(27)15-9-5-2-6-10-15/h1-13,19H,(H,23,26)(H,24,27). The van der Waals surface area contributed by atoms with E-state index < -0.39 is 22.9 Å². The van der Waals surface area contributed by atoms with Crippen LogP contribution in [0.1, 0.15) is 32.4 Å². The van der Waals surface area contributed by atoms with E-state index in [9.17, 15) is 19.7 Å². The van der Waals surface area contributed by atoms with E-state index in [2.05, 4.69) is 10.6 Å². The molecule has 0 bridgehead atoms. The molecule has 29 heavy (non-hydrogen) atoms. The summed E-state index contributed by atoms with van der Waals surface area (Å²) < 4.78 is 0. The number of nitrogens with one attached hydrogen (secondary N) is 2. The second-order valence-electron chi connectivity index (χ2n) is 6.08. The SMILES string of the molecule is O=C(NC(NC(=O)c1ccccc1)c1ccc(Cl)c([N+](=O)[O-])c1)c1ccccc1. The summed E-state index contributed by atoms with van der Waals surface area (Å²) in [5.74, 6) is -0.886. The van der Waals surface area contributed by atoms with Gasteiger partial charge in [0, 0.05) is 22.8 Å². The Morgan fingerprint density at radius 2 is 1.31 bits per heavy atom. The van der Waals surface area contributed by atoms with Crippen molar-refractivity contribution in [3.63, 3.8) is 0 Å². The van der Waals surface area contributed by atoms with Gasteiger partial charge in [0.15, 0.2) is 0 Å². The van der Waals surface area contributed by atoms with Gasteiger partial charge in [0.2, 0.25) is 0 Å². The molecule has 3 rings (SSSR count). The summed E-state index contributed by atoms with van der Waals surface area (Å²) in [4.78, 5) is 35.8. The van der Waals surface area contributed by atoms with Gasteiger partial charge in [-0.1, -0.05) is 54.1 Å². The lowest BCUT2D eigenvalue weighted by molar-refractivity contribution is -0.384. The minimum Gasteiger partial charge on any atom is -0.328 e. The highest BCUT2D eigenvalue weighted by Crippen LogP contribution is 2.27. The number of hydrogen-bond acceptors (Lipinski definition) is 4. The molecule has 0 saturated heterocycles. The molecule has 0 fully saturated rings. The van der Waals surface area contributed by atoms with Crippen molar-refractivity contribution in [2.45, 2.75) is 6.17 Å². The predicted molar refractivity (Wildman–Crippen MR) is 109 cm³/mol. The number of nitrogens with zero attached hydrogens (tertiary/aromatic N) is 1. The molecule has 0 aromatic heterocycles. The maximum absolute atomic E-state index is 12.6. The first-order chi connectivity index (χ1) is 14.0. The molecule has 2 N–H and O–H groups in total. The molecular formula is C21H16ClN3O4. The fraction of sp³-hybridized carbons (Fsp3) is 0.0476. The molecular weight excluding hydrogens is 394 g/mol. The number of halogens is 1. The molecule has 3 aromatic rings. The minimum absolute atomic E-state index is 0.0405. The Hall–Kier alpha value is -3.71. The molecule has 8 heteroatoms. The third-order valence-corrected chi connectivity index (χ3v) is 4.44. The smallest absolute Gasteiger partial charge is 0.288 e. The summed E-state index contributed by atoms with van der Waals surface area (Å²) in [5.41, 5.74) is 0.761. The number of rotatable bonds is 6. The van der Waals surface area contributed by atoms with Gasteiger partial charge in [0.05, 0.1) is 4.92 Å². The monoisotopic (exact) mass is 409 g/mol. The van der Waals surface area contributed by atoms with Crippen LogP contribution < -0.4 is 10.6 Å². The van der Waals surface area contributed by atoms with Crippen molar-refractivity contribution in [3.8, 4) is 0 Å². The zero-order valence-electron chi connectivity index (χ0n) is 15.0. The van der Waals surface area contributed by atoms with Crippen LogP contribution in [0.5, 0.6) is 0 Å². The summed E-state index contributed by atoms with van der Waals surface area (Å²) in [7, 11) is 0. The van der Waals surface area contributed by atoms with Crippen molar-refractivity contribution in [1.82, 2.24) is 10.6 Å². The normalized spacial score (nSPS) is 10.4. The second kappa shape index (κ2) is 8.99. The van der Waals surface area contributed by atoms with E-state index in [-0.39, 0.29) is 10.7 Å². The Morgan fingerprint density at radius 1 is 0.828 bits per heavy atom. The third-order valence-electron chi connectivity index (χ3n) is 4.12. The average Bonchev–Trinajstić information content (AvgIpc) is 2.74. The van der Waals surface area contributed by atoms with Crippen molar-refractivity contribution in [1.29, 1.82) is 0 Å². The zero-order valence-corrected chi connectivity index (χ0v) is 15.8. The van der Waals surface area contributed by atoms with E-state index in [0.29, 0.717) is 16.7 Å². The van der Waals surface area contributed by atoms with E-state index in [0.717, 1.165) is 0 Å². The van der Waals surface area contributed by atoms with Crippen molar-refractivity contribution in [3.05, 3.63) is 111 Å². The molecule has 0 aliphatic rings. The number of hydrogen-bond donors (Lipinski definition) is 2. The van der Waals surface area contributed by atoms with Crippen LogP contribution in [0.25, 0.3) is 0 Å². The molecule has 146 valence electrons. The first kappa shape index (κ1) is 20.0. The number of carbonyl (C=O) groups is 2. The Kier molecular flexibility index (Phi) is 6.21. The fourth-order valence-corrected chi connectivity index (χ4v) is 2.85. The molecule has 0 atom stereocenters. The predicted octanol–water partition coefficient (Wildman–Crippen LogP) is 4.11. The van der Waals surface area contributed by atoms with Crippen LogP contribution >= 0.6 is 11.6 Å². The molecule has 0 unspecified atom stereocenters. The largest absolute Gasteiger partial charge is 0.328 e. The van der Waals surface area contributed by atoms with Crippen LogP contribution in [0.4, 0.5) is 5.69 Å². The van der Waals surface area contributed by atoms with E-state index in [4.69, 9.17) is 11.6 Å². The van der Waals surface area contributed by atoms with Gasteiger partial charge in [-0.25, -0.2) is 0 Å². The van der Waals surface area contributed by atoms with E-state index >= 15 is 0 Å².